The Morgan fingerprint density at radius 1 is 1.02 bits per heavy atom. The summed E-state index contributed by atoms with van der Waals surface area (Å²) in [5.74, 6) is -4.39. The Morgan fingerprint density at radius 3 is 2.40 bits per heavy atom. The molecule has 0 saturated heterocycles. The standard InChI is InChI=1S/C32H31F5N2O4/c1-20(2)31(33,34)23-15-14-22(25(18-23)32(35,36)37)19-39(29-38-26-12-5-6-13-27(26)42-29)16-8-10-21-9-7-11-24(17-21)43-30(3,4)28(40)41/h5-7,9,11-15,17-18H,1,8,10,16,19H2,2-4H3,(H,40,41). The number of anilines is 1. The predicted octanol–water partition coefficient (Wildman–Crippen LogP) is 8.40. The van der Waals surface area contributed by atoms with E-state index in [0.717, 1.165) is 24.6 Å². The topological polar surface area (TPSA) is 75.8 Å². The highest BCUT2D eigenvalue weighted by atomic mass is 19.4. The molecule has 1 N–H and O–H groups in total. The Labute approximate surface area is 245 Å². The summed E-state index contributed by atoms with van der Waals surface area (Å²) in [5.41, 5.74) is -2.43. The number of hydrogen-bond acceptors (Lipinski definition) is 5. The van der Waals surface area contributed by atoms with E-state index in [-0.39, 0.29) is 24.7 Å². The molecule has 0 aliphatic heterocycles. The summed E-state index contributed by atoms with van der Waals surface area (Å²) in [6.07, 6.45) is -3.98. The first kappa shape index (κ1) is 31.5. The molecule has 0 bridgehead atoms. The van der Waals surface area contributed by atoms with E-state index in [1.54, 1.807) is 42.5 Å². The van der Waals surface area contributed by atoms with Gasteiger partial charge in [-0.15, -0.1) is 0 Å². The van der Waals surface area contributed by atoms with Gasteiger partial charge in [-0.25, -0.2) is 4.79 Å². The first-order valence-corrected chi connectivity index (χ1v) is 13.4. The molecule has 0 spiro atoms. The lowest BCUT2D eigenvalue weighted by molar-refractivity contribution is -0.152. The van der Waals surface area contributed by atoms with Crippen molar-refractivity contribution < 1.29 is 41.0 Å². The van der Waals surface area contributed by atoms with Crippen LogP contribution in [0.5, 0.6) is 5.75 Å². The van der Waals surface area contributed by atoms with Crippen molar-refractivity contribution in [3.63, 3.8) is 0 Å². The molecule has 228 valence electrons. The number of alkyl halides is 5. The minimum atomic E-state index is -4.90. The molecule has 0 radical (unpaired) electrons. The molecule has 6 nitrogen and oxygen atoms in total. The number of carboxylic acid groups (broad SMARTS) is 1. The van der Waals surface area contributed by atoms with Crippen molar-refractivity contribution in [3.8, 4) is 5.75 Å². The molecule has 0 atom stereocenters. The van der Waals surface area contributed by atoms with Gasteiger partial charge in [0, 0.05) is 18.7 Å². The molecular formula is C32H31F5N2O4. The lowest BCUT2D eigenvalue weighted by Crippen LogP contribution is -2.37. The van der Waals surface area contributed by atoms with Crippen LogP contribution in [0.2, 0.25) is 0 Å². The number of halogens is 5. The summed E-state index contributed by atoms with van der Waals surface area (Å²) in [6, 6.07) is 16.4. The van der Waals surface area contributed by atoms with E-state index in [1.807, 2.05) is 6.07 Å². The van der Waals surface area contributed by atoms with Crippen LogP contribution in [0.4, 0.5) is 28.0 Å². The van der Waals surface area contributed by atoms with Crippen molar-refractivity contribution in [2.45, 2.75) is 57.9 Å². The monoisotopic (exact) mass is 602 g/mol. The van der Waals surface area contributed by atoms with Gasteiger partial charge in [0.25, 0.3) is 11.9 Å². The number of nitrogens with zero attached hydrogens (tertiary/aromatic N) is 2. The molecule has 4 aromatic rings. The average Bonchev–Trinajstić information content (AvgIpc) is 3.36. The smallest absolute Gasteiger partial charge is 0.416 e. The van der Waals surface area contributed by atoms with Crippen molar-refractivity contribution >= 4 is 23.1 Å². The summed E-state index contributed by atoms with van der Waals surface area (Å²) in [7, 11) is 0. The third kappa shape index (κ3) is 7.33. The van der Waals surface area contributed by atoms with Gasteiger partial charge in [-0.05, 0) is 80.6 Å². The zero-order valence-electron chi connectivity index (χ0n) is 23.8. The largest absolute Gasteiger partial charge is 0.478 e. The van der Waals surface area contributed by atoms with E-state index < -0.39 is 40.4 Å². The van der Waals surface area contributed by atoms with Crippen LogP contribution >= 0.6 is 0 Å². The minimum absolute atomic E-state index is 0.0889. The number of hydrogen-bond donors (Lipinski definition) is 1. The number of carbonyl (C=O) groups is 1. The summed E-state index contributed by atoms with van der Waals surface area (Å²) in [6.45, 7) is 7.05. The molecule has 0 fully saturated rings. The molecule has 0 aliphatic carbocycles. The number of ether oxygens (including phenoxy) is 1. The number of benzene rings is 3. The number of fused-ring (bicyclic) bond motifs is 1. The molecule has 0 amide bonds. The SMILES string of the molecule is C=C(C)C(F)(F)c1ccc(CN(CCCc2cccc(OC(C)(C)C(=O)O)c2)c2nc3ccccc3o2)c(C(F)(F)F)c1. The molecule has 1 heterocycles. The first-order chi connectivity index (χ1) is 20.1. The molecular weight excluding hydrogens is 571 g/mol. The predicted molar refractivity (Wildman–Crippen MR) is 152 cm³/mol. The van der Waals surface area contributed by atoms with E-state index in [1.165, 1.54) is 18.7 Å². The molecule has 1 aromatic heterocycles. The zero-order chi connectivity index (χ0) is 31.6. The highest BCUT2D eigenvalue weighted by Gasteiger charge is 2.39. The van der Waals surface area contributed by atoms with Crippen LogP contribution in [0.1, 0.15) is 49.4 Å². The third-order valence-corrected chi connectivity index (χ3v) is 6.91. The van der Waals surface area contributed by atoms with Gasteiger partial charge in [0.1, 0.15) is 11.3 Å². The second kappa shape index (κ2) is 12.1. The van der Waals surface area contributed by atoms with Crippen molar-refractivity contribution in [1.29, 1.82) is 0 Å². The third-order valence-electron chi connectivity index (χ3n) is 6.91. The number of para-hydroxylation sites is 2. The van der Waals surface area contributed by atoms with E-state index in [0.29, 0.717) is 35.8 Å². The van der Waals surface area contributed by atoms with Gasteiger partial charge in [-0.3, -0.25) is 0 Å². The van der Waals surface area contributed by atoms with Crippen LogP contribution in [0.15, 0.2) is 83.3 Å². The zero-order valence-corrected chi connectivity index (χ0v) is 23.8. The highest BCUT2D eigenvalue weighted by molar-refractivity contribution is 5.76. The fourth-order valence-electron chi connectivity index (χ4n) is 4.44. The Hall–Kier alpha value is -4.41. The van der Waals surface area contributed by atoms with Crippen molar-refractivity contribution in [1.82, 2.24) is 4.98 Å². The Bertz CT molecular complexity index is 1590. The molecule has 4 rings (SSSR count). The van der Waals surface area contributed by atoms with Gasteiger partial charge in [0.15, 0.2) is 11.2 Å². The lowest BCUT2D eigenvalue weighted by atomic mass is 9.96. The molecule has 43 heavy (non-hydrogen) atoms. The first-order valence-electron chi connectivity index (χ1n) is 13.4. The number of aliphatic carboxylic acids is 1. The Balaban J connectivity index is 1.62. The maximum atomic E-state index is 14.6. The van der Waals surface area contributed by atoms with E-state index in [4.69, 9.17) is 9.15 Å². The minimum Gasteiger partial charge on any atom is -0.478 e. The maximum Gasteiger partial charge on any atom is 0.416 e. The van der Waals surface area contributed by atoms with Gasteiger partial charge >= 0.3 is 12.1 Å². The van der Waals surface area contributed by atoms with Gasteiger partial charge in [-0.2, -0.15) is 26.9 Å². The van der Waals surface area contributed by atoms with Gasteiger partial charge in [0.05, 0.1) is 5.56 Å². The van der Waals surface area contributed by atoms with Gasteiger partial charge < -0.3 is 19.2 Å². The van der Waals surface area contributed by atoms with Crippen LogP contribution < -0.4 is 9.64 Å². The molecule has 0 aliphatic rings. The van der Waals surface area contributed by atoms with Crippen molar-refractivity contribution in [2.75, 3.05) is 11.4 Å². The number of aromatic nitrogens is 1. The maximum absolute atomic E-state index is 14.6. The van der Waals surface area contributed by atoms with Gasteiger partial charge in [0.2, 0.25) is 0 Å². The van der Waals surface area contributed by atoms with Crippen LogP contribution in [0, 0.1) is 0 Å². The summed E-state index contributed by atoms with van der Waals surface area (Å²) in [4.78, 5) is 17.4. The molecule has 11 heteroatoms. The van der Waals surface area contributed by atoms with Gasteiger partial charge in [-0.1, -0.05) is 43.0 Å². The van der Waals surface area contributed by atoms with E-state index >= 15 is 0 Å². The average molecular weight is 603 g/mol. The number of aryl methyl sites for hydroxylation is 1. The number of oxazole rings is 1. The molecule has 3 aromatic carbocycles. The van der Waals surface area contributed by atoms with Crippen molar-refractivity contribution in [2.24, 2.45) is 0 Å². The molecule has 0 saturated carbocycles. The Morgan fingerprint density at radius 2 is 1.74 bits per heavy atom. The van der Waals surface area contributed by atoms with Crippen LogP contribution in [0.3, 0.4) is 0 Å². The lowest BCUT2D eigenvalue weighted by Gasteiger charge is -2.25. The number of carboxylic acids is 1. The molecule has 0 unspecified atom stereocenters. The Kier molecular flexibility index (Phi) is 8.84. The second-order valence-corrected chi connectivity index (χ2v) is 10.8. The fourth-order valence-corrected chi connectivity index (χ4v) is 4.44. The normalized spacial score (nSPS) is 12.4. The van der Waals surface area contributed by atoms with Crippen molar-refractivity contribution in [3.05, 3.63) is 101 Å². The van der Waals surface area contributed by atoms with Crippen LogP contribution in [0.25, 0.3) is 11.1 Å². The van der Waals surface area contributed by atoms with E-state index in [9.17, 15) is 31.9 Å². The summed E-state index contributed by atoms with van der Waals surface area (Å²) < 4.78 is 83.0. The van der Waals surface area contributed by atoms with Crippen LogP contribution in [-0.4, -0.2) is 28.2 Å². The summed E-state index contributed by atoms with van der Waals surface area (Å²) in [5, 5.41) is 9.35. The van der Waals surface area contributed by atoms with E-state index in [2.05, 4.69) is 11.6 Å². The highest BCUT2D eigenvalue weighted by Crippen LogP contribution is 2.40. The summed E-state index contributed by atoms with van der Waals surface area (Å²) >= 11 is 0. The number of allylic oxidation sites excluding steroid dienone is 1. The number of rotatable bonds is 12. The second-order valence-electron chi connectivity index (χ2n) is 10.8. The van der Waals surface area contributed by atoms with Crippen LogP contribution in [-0.2, 0) is 29.9 Å². The fraction of sp³-hybridized carbons (Fsp3) is 0.312. The quantitative estimate of drug-likeness (QED) is 0.130.